The highest BCUT2D eigenvalue weighted by atomic mass is 19.1. The molecule has 0 radical (unpaired) electrons. The predicted octanol–water partition coefficient (Wildman–Crippen LogP) is 3.02. The molecule has 7 nitrogen and oxygen atoms in total. The van der Waals surface area contributed by atoms with Crippen molar-refractivity contribution in [1.29, 1.82) is 0 Å². The number of carbonyl (C=O) groups excluding carboxylic acids is 1. The number of nitrogens with zero attached hydrogens (tertiary/aromatic N) is 4. The highest BCUT2D eigenvalue weighted by molar-refractivity contribution is 5.95. The Labute approximate surface area is 182 Å². The van der Waals surface area contributed by atoms with Crippen LogP contribution in [-0.4, -0.2) is 43.9 Å². The first-order chi connectivity index (χ1) is 15.5. The van der Waals surface area contributed by atoms with Gasteiger partial charge in [0, 0.05) is 19.0 Å². The lowest BCUT2D eigenvalue weighted by atomic mass is 9.87. The number of fused-ring (bicyclic) bond motifs is 2. The van der Waals surface area contributed by atoms with E-state index in [0.29, 0.717) is 24.2 Å². The summed E-state index contributed by atoms with van der Waals surface area (Å²) >= 11 is 0. The summed E-state index contributed by atoms with van der Waals surface area (Å²) < 4.78 is 29.8. The molecular formula is C23H20F2N4O3. The lowest BCUT2D eigenvalue weighted by molar-refractivity contribution is -0.104. The number of benzene rings is 2. The topological polar surface area (TPSA) is 78.7 Å². The quantitative estimate of drug-likeness (QED) is 0.680. The summed E-state index contributed by atoms with van der Waals surface area (Å²) in [5, 5.41) is 18.0. The number of aromatic nitrogens is 2. The maximum atomic E-state index is 14.2. The molecule has 0 bridgehead atoms. The second-order valence-corrected chi connectivity index (χ2v) is 7.95. The number of amides is 1. The molecule has 3 heterocycles. The summed E-state index contributed by atoms with van der Waals surface area (Å²) in [6.07, 6.45) is 1.77. The third kappa shape index (κ3) is 3.25. The maximum absolute atomic E-state index is 14.2. The molecule has 2 aromatic carbocycles. The largest absolute Gasteiger partial charge is 0.502 e. The van der Waals surface area contributed by atoms with E-state index in [1.165, 1.54) is 34.0 Å². The SMILES string of the molecule is O=C1c2c(O)c(=O)cnn2C(C(c2cccc(F)c2)c2cccc(F)c2)N2CCCCN12. The van der Waals surface area contributed by atoms with E-state index in [2.05, 4.69) is 5.10 Å². The van der Waals surface area contributed by atoms with Crippen molar-refractivity contribution < 1.29 is 18.7 Å². The van der Waals surface area contributed by atoms with Gasteiger partial charge in [0.15, 0.2) is 11.4 Å². The average molecular weight is 438 g/mol. The summed E-state index contributed by atoms with van der Waals surface area (Å²) in [5.74, 6) is -2.77. The smallest absolute Gasteiger partial charge is 0.290 e. The summed E-state index contributed by atoms with van der Waals surface area (Å²) in [4.78, 5) is 25.3. The standard InChI is InChI=1S/C23H20F2N4O3/c24-16-7-3-5-14(11-16)19(15-6-4-8-17(25)12-15)22-27-9-1-2-10-28(27)23(32)20-21(31)18(30)13-26-29(20)22/h3-8,11-13,19,22,31H,1-2,9-10H2. The fourth-order valence-corrected chi connectivity index (χ4v) is 4.63. The van der Waals surface area contributed by atoms with Gasteiger partial charge in [-0.05, 0) is 48.2 Å². The third-order valence-corrected chi connectivity index (χ3v) is 6.01. The number of rotatable bonds is 3. The summed E-state index contributed by atoms with van der Waals surface area (Å²) in [6.45, 7) is 0.905. The van der Waals surface area contributed by atoms with Crippen LogP contribution >= 0.6 is 0 Å². The van der Waals surface area contributed by atoms with Gasteiger partial charge in [0.05, 0.1) is 6.20 Å². The second kappa shape index (κ2) is 7.83. The number of hydrazine groups is 1. The average Bonchev–Trinajstić information content (AvgIpc) is 2.78. The van der Waals surface area contributed by atoms with Crippen molar-refractivity contribution in [2.24, 2.45) is 0 Å². The third-order valence-electron chi connectivity index (χ3n) is 6.01. The van der Waals surface area contributed by atoms with E-state index in [-0.39, 0.29) is 5.69 Å². The van der Waals surface area contributed by atoms with E-state index in [0.717, 1.165) is 19.0 Å². The molecule has 1 N–H and O–H groups in total. The number of hydrogen-bond donors (Lipinski definition) is 1. The van der Waals surface area contributed by atoms with Crippen molar-refractivity contribution in [1.82, 2.24) is 19.8 Å². The van der Waals surface area contributed by atoms with Gasteiger partial charge in [-0.1, -0.05) is 24.3 Å². The van der Waals surface area contributed by atoms with Crippen molar-refractivity contribution >= 4 is 5.91 Å². The van der Waals surface area contributed by atoms with E-state index in [1.54, 1.807) is 24.3 Å². The molecule has 1 atom stereocenters. The molecule has 5 rings (SSSR count). The number of carbonyl (C=O) groups is 1. The van der Waals surface area contributed by atoms with Crippen molar-refractivity contribution in [3.8, 4) is 5.75 Å². The molecule has 1 saturated heterocycles. The molecule has 3 aromatic rings. The minimum atomic E-state index is -0.762. The molecular weight excluding hydrogens is 418 g/mol. The predicted molar refractivity (Wildman–Crippen MR) is 111 cm³/mol. The van der Waals surface area contributed by atoms with Crippen LogP contribution in [0.5, 0.6) is 5.75 Å². The van der Waals surface area contributed by atoms with Crippen LogP contribution in [0.2, 0.25) is 0 Å². The lowest BCUT2D eigenvalue weighted by Crippen LogP contribution is -2.59. The van der Waals surface area contributed by atoms with Crippen molar-refractivity contribution in [3.63, 3.8) is 0 Å². The van der Waals surface area contributed by atoms with Crippen LogP contribution in [0, 0.1) is 11.6 Å². The molecule has 1 amide bonds. The second-order valence-electron chi connectivity index (χ2n) is 7.95. The highest BCUT2D eigenvalue weighted by Gasteiger charge is 2.45. The lowest BCUT2D eigenvalue weighted by Gasteiger charge is -2.49. The first-order valence-corrected chi connectivity index (χ1v) is 10.4. The van der Waals surface area contributed by atoms with Gasteiger partial charge < -0.3 is 5.11 Å². The zero-order chi connectivity index (χ0) is 22.4. The van der Waals surface area contributed by atoms with Crippen molar-refractivity contribution in [2.75, 3.05) is 13.1 Å². The van der Waals surface area contributed by atoms with Gasteiger partial charge in [0.2, 0.25) is 5.43 Å². The van der Waals surface area contributed by atoms with Crippen LogP contribution in [0.25, 0.3) is 0 Å². The Morgan fingerprint density at radius 1 is 0.969 bits per heavy atom. The first-order valence-electron chi connectivity index (χ1n) is 10.4. The molecule has 2 aliphatic heterocycles. The van der Waals surface area contributed by atoms with Gasteiger partial charge in [0.25, 0.3) is 5.91 Å². The number of aromatic hydroxyl groups is 1. The first kappa shape index (κ1) is 20.3. The molecule has 1 fully saturated rings. The summed E-state index contributed by atoms with van der Waals surface area (Å²) in [6, 6.07) is 11.9. The molecule has 1 aromatic heterocycles. The van der Waals surface area contributed by atoms with E-state index >= 15 is 0 Å². The maximum Gasteiger partial charge on any atom is 0.290 e. The fourth-order valence-electron chi connectivity index (χ4n) is 4.63. The Kier molecular flexibility index (Phi) is 4.97. The van der Waals surface area contributed by atoms with Crippen molar-refractivity contribution in [2.45, 2.75) is 24.9 Å². The zero-order valence-electron chi connectivity index (χ0n) is 17.0. The minimum Gasteiger partial charge on any atom is -0.502 e. The molecule has 0 aliphatic carbocycles. The summed E-state index contributed by atoms with van der Waals surface area (Å²) in [7, 11) is 0. The Morgan fingerprint density at radius 3 is 2.22 bits per heavy atom. The van der Waals surface area contributed by atoms with Crippen LogP contribution < -0.4 is 5.43 Å². The fraction of sp³-hybridized carbons (Fsp3) is 0.261. The van der Waals surface area contributed by atoms with Crippen molar-refractivity contribution in [3.05, 3.63) is 93.4 Å². The highest BCUT2D eigenvalue weighted by Crippen LogP contribution is 2.43. The van der Waals surface area contributed by atoms with Gasteiger partial charge in [-0.15, -0.1) is 0 Å². The van der Waals surface area contributed by atoms with E-state index in [9.17, 15) is 23.5 Å². The van der Waals surface area contributed by atoms with Crippen LogP contribution in [0.3, 0.4) is 0 Å². The molecule has 9 heteroatoms. The van der Waals surface area contributed by atoms with Crippen LogP contribution in [-0.2, 0) is 0 Å². The van der Waals surface area contributed by atoms with Gasteiger partial charge >= 0.3 is 0 Å². The van der Waals surface area contributed by atoms with E-state index < -0.39 is 40.8 Å². The van der Waals surface area contributed by atoms with E-state index in [1.807, 2.05) is 5.01 Å². The van der Waals surface area contributed by atoms with E-state index in [4.69, 9.17) is 0 Å². The molecule has 0 saturated carbocycles. The van der Waals surface area contributed by atoms with Crippen LogP contribution in [0.15, 0.2) is 59.5 Å². The monoisotopic (exact) mass is 438 g/mol. The number of hydrogen-bond acceptors (Lipinski definition) is 5. The Balaban J connectivity index is 1.79. The zero-order valence-corrected chi connectivity index (χ0v) is 17.0. The number of halogens is 2. The Hall–Kier alpha value is -3.59. The Morgan fingerprint density at radius 2 is 1.59 bits per heavy atom. The van der Waals surface area contributed by atoms with Gasteiger partial charge in [0.1, 0.15) is 17.8 Å². The van der Waals surface area contributed by atoms with Crippen LogP contribution in [0.4, 0.5) is 8.78 Å². The molecule has 2 aliphatic rings. The van der Waals surface area contributed by atoms with Gasteiger partial charge in [-0.2, -0.15) is 10.1 Å². The molecule has 164 valence electrons. The minimum absolute atomic E-state index is 0.224. The van der Waals surface area contributed by atoms with Gasteiger partial charge in [-0.25, -0.2) is 13.5 Å². The normalized spacial score (nSPS) is 18.5. The van der Waals surface area contributed by atoms with Crippen LogP contribution in [0.1, 0.15) is 46.5 Å². The molecule has 0 spiro atoms. The molecule has 1 unspecified atom stereocenters. The Bertz CT molecular complexity index is 1220. The summed E-state index contributed by atoms with van der Waals surface area (Å²) in [5.41, 5.74) is 0.109. The van der Waals surface area contributed by atoms with Gasteiger partial charge in [-0.3, -0.25) is 14.6 Å². The molecule has 32 heavy (non-hydrogen) atoms.